The molecule has 5 nitrogen and oxygen atoms in total. The van der Waals surface area contributed by atoms with E-state index in [2.05, 4.69) is 27.0 Å². The average Bonchev–Trinajstić information content (AvgIpc) is 2.30. The van der Waals surface area contributed by atoms with Crippen LogP contribution in [0, 0.1) is 0 Å². The lowest BCUT2D eigenvalue weighted by Gasteiger charge is -2.12. The summed E-state index contributed by atoms with van der Waals surface area (Å²) >= 11 is 0. The van der Waals surface area contributed by atoms with Crippen LogP contribution in [0.15, 0.2) is 40.2 Å². The number of nitrogens with zero attached hydrogens (tertiary/aromatic N) is 4. The molecular formula is C12H17N5. The van der Waals surface area contributed by atoms with E-state index < -0.39 is 0 Å². The minimum absolute atomic E-state index is 0.766. The molecule has 0 spiro atoms. The SMILES string of the molecule is C=N/C=C(\C=N/C)Nc1ccc(N(C)C)nc1. The van der Waals surface area contributed by atoms with Crippen LogP contribution in [0.4, 0.5) is 11.5 Å². The van der Waals surface area contributed by atoms with E-state index in [1.807, 2.05) is 31.1 Å². The van der Waals surface area contributed by atoms with Crippen LogP contribution in [0.25, 0.3) is 0 Å². The molecule has 17 heavy (non-hydrogen) atoms. The van der Waals surface area contributed by atoms with E-state index in [9.17, 15) is 0 Å². The van der Waals surface area contributed by atoms with Gasteiger partial charge >= 0.3 is 0 Å². The van der Waals surface area contributed by atoms with Crippen molar-refractivity contribution in [3.63, 3.8) is 0 Å². The van der Waals surface area contributed by atoms with Gasteiger partial charge in [-0.2, -0.15) is 0 Å². The minimum atomic E-state index is 0.766. The second kappa shape index (κ2) is 6.42. The Morgan fingerprint density at radius 1 is 1.47 bits per heavy atom. The van der Waals surface area contributed by atoms with Gasteiger partial charge in [-0.3, -0.25) is 9.98 Å². The van der Waals surface area contributed by atoms with E-state index in [1.165, 1.54) is 0 Å². The first-order valence-electron chi connectivity index (χ1n) is 5.16. The molecule has 0 aromatic carbocycles. The van der Waals surface area contributed by atoms with Crippen molar-refractivity contribution >= 4 is 24.4 Å². The van der Waals surface area contributed by atoms with Gasteiger partial charge in [-0.15, -0.1) is 0 Å². The largest absolute Gasteiger partial charge is 0.363 e. The molecule has 0 aliphatic carbocycles. The standard InChI is InChI=1S/C12H17N5/c1-13-7-11(8-14-2)16-10-5-6-12(15-9-10)17(3)4/h5-9,16H,1H2,2-4H3/b11-7+,14-8-. The Morgan fingerprint density at radius 3 is 2.71 bits per heavy atom. The molecule has 0 amide bonds. The van der Waals surface area contributed by atoms with Gasteiger partial charge in [0.15, 0.2) is 0 Å². The van der Waals surface area contributed by atoms with Crippen LogP contribution in [0.2, 0.25) is 0 Å². The minimum Gasteiger partial charge on any atom is -0.363 e. The monoisotopic (exact) mass is 231 g/mol. The molecule has 0 fully saturated rings. The molecule has 0 saturated heterocycles. The third-order valence-corrected chi connectivity index (χ3v) is 1.99. The van der Waals surface area contributed by atoms with Gasteiger partial charge in [0, 0.05) is 27.4 Å². The van der Waals surface area contributed by atoms with Crippen LogP contribution in [-0.2, 0) is 0 Å². The maximum Gasteiger partial charge on any atom is 0.128 e. The van der Waals surface area contributed by atoms with Crippen molar-refractivity contribution in [3.05, 3.63) is 30.2 Å². The summed E-state index contributed by atoms with van der Waals surface area (Å²) in [6.07, 6.45) is 5.04. The molecular weight excluding hydrogens is 214 g/mol. The van der Waals surface area contributed by atoms with E-state index in [4.69, 9.17) is 0 Å². The van der Waals surface area contributed by atoms with E-state index >= 15 is 0 Å². The fraction of sp³-hybridized carbons (Fsp3) is 0.250. The first-order valence-corrected chi connectivity index (χ1v) is 5.16. The van der Waals surface area contributed by atoms with E-state index in [1.54, 1.807) is 25.7 Å². The molecule has 90 valence electrons. The lowest BCUT2D eigenvalue weighted by molar-refractivity contribution is 1.07. The third kappa shape index (κ3) is 4.06. The molecule has 0 aliphatic rings. The van der Waals surface area contributed by atoms with E-state index in [0.29, 0.717) is 0 Å². The topological polar surface area (TPSA) is 52.9 Å². The van der Waals surface area contributed by atoms with Gasteiger partial charge < -0.3 is 10.2 Å². The number of hydrogen-bond donors (Lipinski definition) is 1. The Hall–Kier alpha value is -2.17. The molecule has 5 heteroatoms. The normalized spacial score (nSPS) is 11.6. The number of nitrogens with one attached hydrogen (secondary N) is 1. The van der Waals surface area contributed by atoms with Crippen LogP contribution in [-0.4, -0.2) is 39.1 Å². The highest BCUT2D eigenvalue weighted by molar-refractivity contribution is 5.83. The fourth-order valence-corrected chi connectivity index (χ4v) is 1.23. The Kier molecular flexibility index (Phi) is 4.87. The predicted octanol–water partition coefficient (Wildman–Crippen LogP) is 1.80. The average molecular weight is 231 g/mol. The van der Waals surface area contributed by atoms with E-state index in [0.717, 1.165) is 17.2 Å². The van der Waals surface area contributed by atoms with E-state index in [-0.39, 0.29) is 0 Å². The molecule has 1 aromatic heterocycles. The molecule has 0 radical (unpaired) electrons. The molecule has 1 heterocycles. The first kappa shape index (κ1) is 12.9. The van der Waals surface area contributed by atoms with Crippen LogP contribution in [0.1, 0.15) is 0 Å². The van der Waals surface area contributed by atoms with Crippen molar-refractivity contribution in [2.24, 2.45) is 9.98 Å². The third-order valence-electron chi connectivity index (χ3n) is 1.99. The molecule has 0 atom stereocenters. The second-order valence-electron chi connectivity index (χ2n) is 3.58. The van der Waals surface area contributed by atoms with Crippen LogP contribution >= 0.6 is 0 Å². The first-order chi connectivity index (χ1) is 8.17. The number of aromatic nitrogens is 1. The lowest BCUT2D eigenvalue weighted by atomic mass is 10.3. The van der Waals surface area contributed by atoms with Crippen molar-refractivity contribution in [1.29, 1.82) is 0 Å². The number of rotatable bonds is 5. The summed E-state index contributed by atoms with van der Waals surface area (Å²) < 4.78 is 0. The highest BCUT2D eigenvalue weighted by Crippen LogP contribution is 2.13. The summed E-state index contributed by atoms with van der Waals surface area (Å²) in [6, 6.07) is 3.88. The highest BCUT2D eigenvalue weighted by Gasteiger charge is 1.98. The lowest BCUT2D eigenvalue weighted by Crippen LogP contribution is -2.10. The van der Waals surface area contributed by atoms with Gasteiger partial charge in [-0.25, -0.2) is 4.98 Å². The van der Waals surface area contributed by atoms with Crippen LogP contribution in [0.3, 0.4) is 0 Å². The highest BCUT2D eigenvalue weighted by atomic mass is 15.1. The molecule has 0 bridgehead atoms. The summed E-state index contributed by atoms with van der Waals surface area (Å²) in [5.74, 6) is 0.909. The van der Waals surface area contributed by atoms with Crippen molar-refractivity contribution in [3.8, 4) is 0 Å². The Labute approximate surface area is 102 Å². The van der Waals surface area contributed by atoms with Gasteiger partial charge in [0.05, 0.1) is 23.8 Å². The molecule has 0 aliphatic heterocycles. The zero-order valence-electron chi connectivity index (χ0n) is 10.4. The summed E-state index contributed by atoms with van der Waals surface area (Å²) in [7, 11) is 5.60. The molecule has 0 saturated carbocycles. The number of hydrogen-bond acceptors (Lipinski definition) is 5. The summed E-state index contributed by atoms with van der Waals surface area (Å²) in [6.45, 7) is 3.41. The van der Waals surface area contributed by atoms with Crippen molar-refractivity contribution < 1.29 is 0 Å². The number of aliphatic imine (C=N–C) groups is 2. The van der Waals surface area contributed by atoms with Gasteiger partial charge in [-0.05, 0) is 18.9 Å². The Morgan fingerprint density at radius 2 is 2.24 bits per heavy atom. The number of allylic oxidation sites excluding steroid dienone is 1. The molecule has 1 N–H and O–H groups in total. The van der Waals surface area contributed by atoms with Gasteiger partial charge in [0.25, 0.3) is 0 Å². The molecule has 0 unspecified atom stereocenters. The predicted molar refractivity (Wildman–Crippen MR) is 74.2 cm³/mol. The van der Waals surface area contributed by atoms with Crippen molar-refractivity contribution in [2.75, 3.05) is 31.4 Å². The van der Waals surface area contributed by atoms with Crippen LogP contribution in [0.5, 0.6) is 0 Å². The zero-order valence-corrected chi connectivity index (χ0v) is 10.4. The number of anilines is 2. The van der Waals surface area contributed by atoms with Crippen molar-refractivity contribution in [1.82, 2.24) is 4.98 Å². The van der Waals surface area contributed by atoms with Crippen LogP contribution < -0.4 is 10.2 Å². The van der Waals surface area contributed by atoms with Gasteiger partial charge in [0.2, 0.25) is 0 Å². The Bertz CT molecular complexity index is 417. The summed E-state index contributed by atoms with van der Waals surface area (Å²) in [4.78, 5) is 13.9. The smallest absolute Gasteiger partial charge is 0.128 e. The molecule has 1 rings (SSSR count). The number of pyridine rings is 1. The van der Waals surface area contributed by atoms with Gasteiger partial charge in [0.1, 0.15) is 5.82 Å². The maximum atomic E-state index is 4.30. The second-order valence-corrected chi connectivity index (χ2v) is 3.58. The van der Waals surface area contributed by atoms with Crippen molar-refractivity contribution in [2.45, 2.75) is 0 Å². The fourth-order valence-electron chi connectivity index (χ4n) is 1.23. The maximum absolute atomic E-state index is 4.30. The summed E-state index contributed by atoms with van der Waals surface area (Å²) in [5.41, 5.74) is 1.65. The molecule has 1 aromatic rings. The zero-order chi connectivity index (χ0) is 12.7. The van der Waals surface area contributed by atoms with Gasteiger partial charge in [-0.1, -0.05) is 0 Å². The quantitative estimate of drug-likeness (QED) is 0.786. The Balaban J connectivity index is 2.80. The summed E-state index contributed by atoms with van der Waals surface area (Å²) in [5, 5.41) is 3.14.